The van der Waals surface area contributed by atoms with E-state index in [1.54, 1.807) is 6.20 Å². The van der Waals surface area contributed by atoms with Crippen LogP contribution >= 0.6 is 11.5 Å². The monoisotopic (exact) mass is 260 g/mol. The third kappa shape index (κ3) is 2.36. The molecule has 0 aliphatic heterocycles. The van der Waals surface area contributed by atoms with Gasteiger partial charge in [0.25, 0.3) is 0 Å². The normalized spacial score (nSPS) is 10.1. The summed E-state index contributed by atoms with van der Waals surface area (Å²) in [4.78, 5) is 7.31. The number of nitrogen functional groups attached to an aromatic ring is 1. The van der Waals surface area contributed by atoms with E-state index in [9.17, 15) is 0 Å². The molecule has 4 nitrogen and oxygen atoms in total. The topological polar surface area (TPSA) is 67.6 Å². The zero-order valence-electron chi connectivity index (χ0n) is 10.5. The average molecular weight is 260 g/mol. The first-order valence-corrected chi connectivity index (χ1v) is 6.73. The number of aromatic amines is 1. The molecule has 3 N–H and O–H groups in total. The van der Waals surface area contributed by atoms with E-state index in [0.29, 0.717) is 0 Å². The lowest BCUT2D eigenvalue weighted by Crippen LogP contribution is -1.92. The number of pyridine rings is 1. The van der Waals surface area contributed by atoms with E-state index in [-0.39, 0.29) is 0 Å². The van der Waals surface area contributed by atoms with Gasteiger partial charge in [-0.05, 0) is 23.7 Å². The van der Waals surface area contributed by atoms with Crippen molar-refractivity contribution in [2.75, 3.05) is 5.73 Å². The van der Waals surface area contributed by atoms with Gasteiger partial charge in [0.1, 0.15) is 5.65 Å². The van der Waals surface area contributed by atoms with Crippen LogP contribution < -0.4 is 5.73 Å². The van der Waals surface area contributed by atoms with Crippen molar-refractivity contribution < 1.29 is 0 Å². The zero-order valence-corrected chi connectivity index (χ0v) is 11.3. The van der Waals surface area contributed by atoms with Gasteiger partial charge in [-0.3, -0.25) is 0 Å². The predicted octanol–water partition coefficient (Wildman–Crippen LogP) is 3.68. The lowest BCUT2D eigenvalue weighted by Gasteiger charge is -2.02. The van der Waals surface area contributed by atoms with E-state index < -0.39 is 0 Å². The number of anilines is 1. The molecule has 94 valence electrons. The highest BCUT2D eigenvalue weighted by atomic mass is 32.1. The van der Waals surface area contributed by atoms with Crippen molar-refractivity contribution in [2.45, 2.75) is 20.3 Å². The lowest BCUT2D eigenvalue weighted by molar-refractivity contribution is 1.09. The van der Waals surface area contributed by atoms with Crippen LogP contribution in [0.15, 0.2) is 29.9 Å². The van der Waals surface area contributed by atoms with E-state index in [4.69, 9.17) is 5.73 Å². The van der Waals surface area contributed by atoms with E-state index in [2.05, 4.69) is 28.2 Å². The molecule has 3 aromatic heterocycles. The summed E-state index contributed by atoms with van der Waals surface area (Å²) in [6.45, 7) is 4.25. The van der Waals surface area contributed by atoms with Crippen LogP contribution in [0.4, 0.5) is 5.69 Å². The van der Waals surface area contributed by atoms with Gasteiger partial charge >= 0.3 is 0 Å². The third-order valence-electron chi connectivity index (χ3n) is 2.34. The number of hydrogen-bond donors (Lipinski definition) is 2. The van der Waals surface area contributed by atoms with Crippen molar-refractivity contribution in [1.82, 2.24) is 14.3 Å². The first-order chi connectivity index (χ1) is 8.77. The minimum Gasteiger partial charge on any atom is -0.398 e. The molecule has 0 spiro atoms. The maximum atomic E-state index is 6.06. The van der Waals surface area contributed by atoms with Crippen LogP contribution in [0, 0.1) is 0 Å². The summed E-state index contributed by atoms with van der Waals surface area (Å²) >= 11 is 1.41. The molecule has 0 radical (unpaired) electrons. The van der Waals surface area contributed by atoms with Crippen LogP contribution in [0.25, 0.3) is 22.3 Å². The number of H-pyrrole nitrogens is 1. The first-order valence-electron chi connectivity index (χ1n) is 5.90. The lowest BCUT2D eigenvalue weighted by atomic mass is 10.1. The number of rotatable bonds is 1. The Balaban J connectivity index is 0.000000367. The van der Waals surface area contributed by atoms with Crippen LogP contribution in [0.5, 0.6) is 0 Å². The highest BCUT2D eigenvalue weighted by molar-refractivity contribution is 7.03. The number of nitrogens with zero attached hydrogens (tertiary/aromatic N) is 2. The fourth-order valence-corrected chi connectivity index (χ4v) is 2.11. The predicted molar refractivity (Wildman–Crippen MR) is 77.6 cm³/mol. The number of hydrogen-bond acceptors (Lipinski definition) is 4. The Morgan fingerprint density at radius 3 is 2.78 bits per heavy atom. The second-order valence-electron chi connectivity index (χ2n) is 3.92. The average Bonchev–Trinajstić information content (AvgIpc) is 3.01. The second kappa shape index (κ2) is 5.64. The molecule has 0 saturated heterocycles. The smallest absolute Gasteiger partial charge is 0.139 e. The molecule has 0 fully saturated rings. The maximum absolute atomic E-state index is 6.06. The highest BCUT2D eigenvalue weighted by Crippen LogP contribution is 2.29. The standard InChI is InChI=1S/C10H8N4S.C3H8/c11-9-6-1-3-12-10(6)13-5-7(9)8-2-4-15-14-8;1-3-2/h1-5H,(H3,11,12,13);3H2,1-2H3. The maximum Gasteiger partial charge on any atom is 0.139 e. The van der Waals surface area contributed by atoms with Gasteiger partial charge in [0.2, 0.25) is 0 Å². The summed E-state index contributed by atoms with van der Waals surface area (Å²) in [5.74, 6) is 0. The van der Waals surface area contributed by atoms with Crippen LogP contribution in [0.1, 0.15) is 20.3 Å². The second-order valence-corrected chi connectivity index (χ2v) is 4.58. The zero-order chi connectivity index (χ0) is 13.0. The van der Waals surface area contributed by atoms with Crippen molar-refractivity contribution in [3.63, 3.8) is 0 Å². The number of nitrogens with two attached hydrogens (primary N) is 1. The van der Waals surface area contributed by atoms with Gasteiger partial charge < -0.3 is 10.7 Å². The van der Waals surface area contributed by atoms with E-state index >= 15 is 0 Å². The minimum absolute atomic E-state index is 0.729. The molecule has 0 bridgehead atoms. The third-order valence-corrected chi connectivity index (χ3v) is 2.90. The first kappa shape index (κ1) is 12.6. The van der Waals surface area contributed by atoms with Gasteiger partial charge in [0, 0.05) is 28.7 Å². The number of nitrogens with one attached hydrogen (secondary N) is 1. The van der Waals surface area contributed by atoms with Gasteiger partial charge in [-0.15, -0.1) is 0 Å². The Bertz CT molecular complexity index is 613. The quantitative estimate of drug-likeness (QED) is 0.701. The van der Waals surface area contributed by atoms with Crippen molar-refractivity contribution in [3.05, 3.63) is 29.9 Å². The Morgan fingerprint density at radius 1 is 1.33 bits per heavy atom. The molecule has 0 aliphatic rings. The molecule has 3 heterocycles. The SMILES string of the molecule is CCC.Nc1c(-c2ccsn2)cnc2[nH]ccc12. The van der Waals surface area contributed by atoms with Crippen LogP contribution in [0.2, 0.25) is 0 Å². The van der Waals surface area contributed by atoms with Crippen molar-refractivity contribution >= 4 is 28.3 Å². The van der Waals surface area contributed by atoms with E-state index in [1.165, 1.54) is 18.0 Å². The Kier molecular flexibility index (Phi) is 3.94. The van der Waals surface area contributed by atoms with Crippen LogP contribution in [0.3, 0.4) is 0 Å². The van der Waals surface area contributed by atoms with Gasteiger partial charge in [-0.2, -0.15) is 4.37 Å². The van der Waals surface area contributed by atoms with Gasteiger partial charge in [-0.25, -0.2) is 4.98 Å². The molecule has 3 aromatic rings. The van der Waals surface area contributed by atoms with Crippen molar-refractivity contribution in [3.8, 4) is 11.3 Å². The van der Waals surface area contributed by atoms with Crippen molar-refractivity contribution in [2.24, 2.45) is 0 Å². The summed E-state index contributed by atoms with van der Waals surface area (Å²) < 4.78 is 4.25. The Morgan fingerprint density at radius 2 is 2.11 bits per heavy atom. The largest absolute Gasteiger partial charge is 0.398 e. The van der Waals surface area contributed by atoms with E-state index in [0.717, 1.165) is 28.0 Å². The Labute approximate surface area is 110 Å². The molecule has 0 saturated carbocycles. The molecular formula is C13H16N4S. The molecule has 18 heavy (non-hydrogen) atoms. The molecule has 3 rings (SSSR count). The summed E-state index contributed by atoms with van der Waals surface area (Å²) in [6, 6.07) is 3.87. The Hall–Kier alpha value is -1.88. The van der Waals surface area contributed by atoms with Crippen molar-refractivity contribution in [1.29, 1.82) is 0 Å². The molecule has 5 heteroatoms. The molecule has 0 atom stereocenters. The molecule has 0 aliphatic carbocycles. The fraction of sp³-hybridized carbons (Fsp3) is 0.231. The molecule has 0 aromatic carbocycles. The summed E-state index contributed by atoms with van der Waals surface area (Å²) in [5.41, 5.74) is 9.37. The molecular weight excluding hydrogens is 244 g/mol. The summed E-state index contributed by atoms with van der Waals surface area (Å²) in [7, 11) is 0. The highest BCUT2D eigenvalue weighted by Gasteiger charge is 2.09. The summed E-state index contributed by atoms with van der Waals surface area (Å²) in [5, 5.41) is 2.87. The van der Waals surface area contributed by atoms with E-state index in [1.807, 2.05) is 23.7 Å². The number of aromatic nitrogens is 3. The fourth-order valence-electron chi connectivity index (χ4n) is 1.58. The van der Waals surface area contributed by atoms with Gasteiger partial charge in [0.05, 0.1) is 11.4 Å². The van der Waals surface area contributed by atoms with Gasteiger partial charge in [0.15, 0.2) is 0 Å². The minimum atomic E-state index is 0.729. The number of fused-ring (bicyclic) bond motifs is 1. The van der Waals surface area contributed by atoms with Gasteiger partial charge in [-0.1, -0.05) is 20.3 Å². The molecule has 0 amide bonds. The molecule has 0 unspecified atom stereocenters. The summed E-state index contributed by atoms with van der Waals surface area (Å²) in [6.07, 6.45) is 4.84. The van der Waals surface area contributed by atoms with Crippen LogP contribution in [-0.2, 0) is 0 Å². The van der Waals surface area contributed by atoms with Crippen LogP contribution in [-0.4, -0.2) is 14.3 Å².